The first-order valence-electron chi connectivity index (χ1n) is 9.23. The minimum Gasteiger partial charge on any atom is -0.451 e. The van der Waals surface area contributed by atoms with Crippen LogP contribution in [0, 0.1) is 0 Å². The summed E-state index contributed by atoms with van der Waals surface area (Å²) in [6, 6.07) is 1.73. The van der Waals surface area contributed by atoms with Crippen LogP contribution in [0.2, 0.25) is 0 Å². The predicted molar refractivity (Wildman–Crippen MR) is 98.2 cm³/mol. The Balaban J connectivity index is 1.37. The number of sulfone groups is 1. The first-order valence-corrected chi connectivity index (χ1v) is 11.9. The first-order chi connectivity index (χ1) is 12.4. The molecule has 4 rings (SSSR count). The summed E-state index contributed by atoms with van der Waals surface area (Å²) in [5.74, 6) is -0.563. The summed E-state index contributed by atoms with van der Waals surface area (Å²) >= 11 is 1.47. The molecule has 1 aromatic heterocycles. The molecule has 1 saturated carbocycles. The fourth-order valence-corrected chi connectivity index (χ4v) is 6.78. The number of esters is 1. The summed E-state index contributed by atoms with van der Waals surface area (Å²) in [5, 5.41) is 0. The molecule has 1 aromatic rings. The maximum atomic E-state index is 12.6. The topological polar surface area (TPSA) is 80.8 Å². The van der Waals surface area contributed by atoms with E-state index in [2.05, 4.69) is 0 Å². The summed E-state index contributed by atoms with van der Waals surface area (Å²) in [4.78, 5) is 28.4. The highest BCUT2D eigenvalue weighted by Crippen LogP contribution is 2.33. The highest BCUT2D eigenvalue weighted by Gasteiger charge is 2.42. The minimum absolute atomic E-state index is 0.0286. The van der Waals surface area contributed by atoms with E-state index in [4.69, 9.17) is 4.74 Å². The molecule has 1 atom stereocenters. The molecule has 2 fully saturated rings. The second-order valence-corrected chi connectivity index (χ2v) is 10.8. The van der Waals surface area contributed by atoms with Crippen LogP contribution in [0.5, 0.6) is 0 Å². The van der Waals surface area contributed by atoms with Gasteiger partial charge in [-0.2, -0.15) is 0 Å². The number of aryl methyl sites for hydroxylation is 2. The lowest BCUT2D eigenvalue weighted by atomic mass is 9.99. The Hall–Kier alpha value is -1.41. The monoisotopic (exact) mass is 397 g/mol. The van der Waals surface area contributed by atoms with Crippen molar-refractivity contribution in [3.8, 4) is 0 Å². The molecule has 1 saturated heterocycles. The SMILES string of the molecule is O=C(OCC(=O)N(C1CC1)[C@H]1CCS(=O)(=O)C1)c1cc2c(s1)CCCC2. The number of fused-ring (bicyclic) bond motifs is 1. The molecule has 0 unspecified atom stereocenters. The van der Waals surface area contributed by atoms with Gasteiger partial charge in [0.25, 0.3) is 5.91 Å². The number of hydrogen-bond donors (Lipinski definition) is 0. The summed E-state index contributed by atoms with van der Waals surface area (Å²) in [6.07, 6.45) is 6.60. The van der Waals surface area contributed by atoms with E-state index in [0.29, 0.717) is 11.3 Å². The fraction of sp³-hybridized carbons (Fsp3) is 0.667. The molecule has 142 valence electrons. The number of hydrogen-bond acceptors (Lipinski definition) is 6. The van der Waals surface area contributed by atoms with Gasteiger partial charge in [0.05, 0.1) is 11.5 Å². The van der Waals surface area contributed by atoms with Crippen LogP contribution in [0.1, 0.15) is 52.2 Å². The van der Waals surface area contributed by atoms with Crippen LogP contribution in [0.15, 0.2) is 6.07 Å². The largest absolute Gasteiger partial charge is 0.451 e. The lowest BCUT2D eigenvalue weighted by Crippen LogP contribution is -2.44. The molecule has 0 bridgehead atoms. The Morgan fingerprint density at radius 1 is 1.15 bits per heavy atom. The molecular formula is C18H23NO5S2. The van der Waals surface area contributed by atoms with Crippen molar-refractivity contribution in [3.05, 3.63) is 21.4 Å². The van der Waals surface area contributed by atoms with E-state index in [1.54, 1.807) is 4.90 Å². The third kappa shape index (κ3) is 3.81. The van der Waals surface area contributed by atoms with Gasteiger partial charge < -0.3 is 9.64 Å². The Kier molecular flexibility index (Phi) is 4.81. The molecule has 26 heavy (non-hydrogen) atoms. The number of carbonyl (C=O) groups is 2. The Labute approximate surface area is 157 Å². The zero-order chi connectivity index (χ0) is 18.3. The normalized spacial score (nSPS) is 24.1. The van der Waals surface area contributed by atoms with E-state index in [0.717, 1.165) is 38.5 Å². The highest BCUT2D eigenvalue weighted by molar-refractivity contribution is 7.91. The molecule has 2 aliphatic carbocycles. The van der Waals surface area contributed by atoms with Gasteiger partial charge in [0, 0.05) is 17.0 Å². The van der Waals surface area contributed by atoms with E-state index in [9.17, 15) is 18.0 Å². The van der Waals surface area contributed by atoms with Crippen molar-refractivity contribution >= 4 is 33.1 Å². The molecule has 6 nitrogen and oxygen atoms in total. The van der Waals surface area contributed by atoms with Crippen molar-refractivity contribution in [2.45, 2.75) is 57.0 Å². The second kappa shape index (κ2) is 6.96. The average molecular weight is 398 g/mol. The van der Waals surface area contributed by atoms with Gasteiger partial charge >= 0.3 is 5.97 Å². The fourth-order valence-electron chi connectivity index (χ4n) is 3.92. The molecular weight excluding hydrogens is 374 g/mol. The molecule has 8 heteroatoms. The molecule has 3 aliphatic rings. The van der Waals surface area contributed by atoms with Gasteiger partial charge in [-0.1, -0.05) is 0 Å². The van der Waals surface area contributed by atoms with E-state index in [-0.39, 0.29) is 36.1 Å². The third-order valence-electron chi connectivity index (χ3n) is 5.35. The third-order valence-corrected chi connectivity index (χ3v) is 8.32. The van der Waals surface area contributed by atoms with Gasteiger partial charge in [-0.3, -0.25) is 4.79 Å². The van der Waals surface area contributed by atoms with Gasteiger partial charge in [0.15, 0.2) is 16.4 Å². The van der Waals surface area contributed by atoms with Gasteiger partial charge in [0.2, 0.25) is 0 Å². The maximum Gasteiger partial charge on any atom is 0.348 e. The van der Waals surface area contributed by atoms with Crippen molar-refractivity contribution in [1.29, 1.82) is 0 Å². The molecule has 2 heterocycles. The van der Waals surface area contributed by atoms with Crippen molar-refractivity contribution in [1.82, 2.24) is 4.90 Å². The highest BCUT2D eigenvalue weighted by atomic mass is 32.2. The van der Waals surface area contributed by atoms with E-state index >= 15 is 0 Å². The van der Waals surface area contributed by atoms with E-state index in [1.807, 2.05) is 6.07 Å². The van der Waals surface area contributed by atoms with Gasteiger partial charge in [0.1, 0.15) is 4.88 Å². The van der Waals surface area contributed by atoms with Crippen molar-refractivity contribution < 1.29 is 22.7 Å². The first kappa shape index (κ1) is 18.0. The maximum absolute atomic E-state index is 12.6. The van der Waals surface area contributed by atoms with E-state index < -0.39 is 15.8 Å². The molecule has 1 amide bonds. The van der Waals surface area contributed by atoms with Crippen LogP contribution in [0.4, 0.5) is 0 Å². The number of ether oxygens (including phenoxy) is 1. The lowest BCUT2D eigenvalue weighted by molar-refractivity contribution is -0.137. The zero-order valence-corrected chi connectivity index (χ0v) is 16.2. The quantitative estimate of drug-likeness (QED) is 0.710. The van der Waals surface area contributed by atoms with Crippen LogP contribution in [0.3, 0.4) is 0 Å². The Bertz CT molecular complexity index is 801. The predicted octanol–water partition coefficient (Wildman–Crippen LogP) is 1.96. The van der Waals surface area contributed by atoms with Crippen molar-refractivity contribution in [3.63, 3.8) is 0 Å². The van der Waals surface area contributed by atoms with Gasteiger partial charge in [-0.25, -0.2) is 13.2 Å². The van der Waals surface area contributed by atoms with Crippen LogP contribution in [-0.4, -0.2) is 55.4 Å². The Morgan fingerprint density at radius 2 is 1.92 bits per heavy atom. The Morgan fingerprint density at radius 3 is 2.58 bits per heavy atom. The molecule has 0 spiro atoms. The zero-order valence-electron chi connectivity index (χ0n) is 14.6. The van der Waals surface area contributed by atoms with Gasteiger partial charge in [-0.05, 0) is 56.6 Å². The number of rotatable bonds is 5. The standard InChI is InChI=1S/C18H23NO5S2/c20-17(19(13-5-6-13)14-7-8-26(22,23)11-14)10-24-18(21)16-9-12-3-1-2-4-15(12)25-16/h9,13-14H,1-8,10-11H2/t14-/m0/s1. The van der Waals surface area contributed by atoms with Gasteiger partial charge in [-0.15, -0.1) is 11.3 Å². The summed E-state index contributed by atoms with van der Waals surface area (Å²) in [6.45, 7) is -0.311. The molecule has 1 aliphatic heterocycles. The smallest absolute Gasteiger partial charge is 0.348 e. The lowest BCUT2D eigenvalue weighted by Gasteiger charge is -2.28. The average Bonchev–Trinajstić information content (AvgIpc) is 3.22. The molecule has 0 radical (unpaired) electrons. The summed E-state index contributed by atoms with van der Waals surface area (Å²) in [5.41, 5.74) is 1.23. The molecule has 0 aromatic carbocycles. The molecule has 0 N–H and O–H groups in total. The second-order valence-electron chi connectivity index (χ2n) is 7.43. The summed E-state index contributed by atoms with van der Waals surface area (Å²) < 4.78 is 28.7. The van der Waals surface area contributed by atoms with Crippen LogP contribution in [-0.2, 0) is 32.2 Å². The minimum atomic E-state index is -3.06. The van der Waals surface area contributed by atoms with Crippen molar-refractivity contribution in [2.75, 3.05) is 18.1 Å². The number of thiophene rings is 1. The number of amides is 1. The van der Waals surface area contributed by atoms with Crippen LogP contribution in [0.25, 0.3) is 0 Å². The number of nitrogens with zero attached hydrogens (tertiary/aromatic N) is 1. The number of carbonyl (C=O) groups excluding carboxylic acids is 2. The summed E-state index contributed by atoms with van der Waals surface area (Å²) in [7, 11) is -3.06. The van der Waals surface area contributed by atoms with Crippen molar-refractivity contribution in [2.24, 2.45) is 0 Å². The van der Waals surface area contributed by atoms with E-state index in [1.165, 1.54) is 21.8 Å². The van der Waals surface area contributed by atoms with Crippen LogP contribution >= 0.6 is 11.3 Å². The van der Waals surface area contributed by atoms with Crippen LogP contribution < -0.4 is 0 Å².